The maximum absolute atomic E-state index is 13.9. The molecule has 10 nitrogen and oxygen atoms in total. The lowest BCUT2D eigenvalue weighted by Crippen LogP contribution is -2.39. The molecule has 1 aliphatic heterocycles. The largest absolute Gasteiger partial charge is 0.573 e. The van der Waals surface area contributed by atoms with E-state index in [4.69, 9.17) is 28.2 Å². The number of fused-ring (bicyclic) bond motifs is 1. The van der Waals surface area contributed by atoms with Crippen LogP contribution >= 0.6 is 23.2 Å². The van der Waals surface area contributed by atoms with Crippen LogP contribution in [0.2, 0.25) is 10.0 Å². The number of hydrogen-bond acceptors (Lipinski definition) is 7. The molecule has 0 atom stereocenters. The molecule has 298 valence electrons. The molecule has 5 rings (SSSR count). The molecule has 0 aliphatic carbocycles. The van der Waals surface area contributed by atoms with Gasteiger partial charge >= 0.3 is 12.5 Å². The molecule has 0 spiro atoms. The topological polar surface area (TPSA) is 121 Å². The molecule has 4 aromatic rings. The van der Waals surface area contributed by atoms with E-state index in [0.717, 1.165) is 12.1 Å². The van der Waals surface area contributed by atoms with Crippen molar-refractivity contribution < 1.29 is 45.8 Å². The van der Waals surface area contributed by atoms with Crippen molar-refractivity contribution in [3.8, 4) is 5.75 Å². The summed E-state index contributed by atoms with van der Waals surface area (Å²) < 4.78 is 84.5. The van der Waals surface area contributed by atoms with Crippen molar-refractivity contribution in [2.45, 2.75) is 78.7 Å². The molecule has 2 heterocycles. The zero-order valence-corrected chi connectivity index (χ0v) is 32.0. The van der Waals surface area contributed by atoms with Crippen LogP contribution in [0.5, 0.6) is 5.75 Å². The average Bonchev–Trinajstić information content (AvgIpc) is 3.39. The zero-order valence-electron chi connectivity index (χ0n) is 30.5. The molecule has 2 amide bonds. The van der Waals surface area contributed by atoms with Crippen molar-refractivity contribution >= 4 is 69.1 Å². The number of anilines is 4. The Balaban J connectivity index is 1.57. The van der Waals surface area contributed by atoms with E-state index in [-0.39, 0.29) is 89.1 Å². The van der Waals surface area contributed by atoms with Crippen LogP contribution < -0.4 is 25.6 Å². The Morgan fingerprint density at radius 2 is 1.58 bits per heavy atom. The van der Waals surface area contributed by atoms with Crippen molar-refractivity contribution in [3.05, 3.63) is 69.7 Å². The first kappa shape index (κ1) is 41.7. The van der Waals surface area contributed by atoms with Gasteiger partial charge < -0.3 is 35.3 Å². The minimum Gasteiger partial charge on any atom is -0.406 e. The molecular weight excluding hydrogens is 777 g/mol. The van der Waals surface area contributed by atoms with Crippen LogP contribution in [0.15, 0.2) is 48.5 Å². The van der Waals surface area contributed by atoms with E-state index in [1.54, 1.807) is 62.3 Å². The predicted octanol–water partition coefficient (Wildman–Crippen LogP) is 9.45. The first-order chi connectivity index (χ1) is 25.4. The molecule has 0 saturated carbocycles. The number of benzene rings is 3. The summed E-state index contributed by atoms with van der Waals surface area (Å²) >= 11 is 13.4. The van der Waals surface area contributed by atoms with E-state index in [2.05, 4.69) is 20.7 Å². The molecular formula is C37H40Cl2F6N6O4. The number of rotatable bonds is 10. The van der Waals surface area contributed by atoms with E-state index < -0.39 is 41.1 Å². The monoisotopic (exact) mass is 816 g/mol. The number of hydrogen-bond donors (Lipinski definition) is 4. The third-order valence-corrected chi connectivity index (χ3v) is 9.57. The van der Waals surface area contributed by atoms with Gasteiger partial charge in [-0.2, -0.15) is 13.2 Å². The second kappa shape index (κ2) is 15.6. The van der Waals surface area contributed by atoms with Crippen molar-refractivity contribution in [1.29, 1.82) is 0 Å². The second-order valence-electron chi connectivity index (χ2n) is 15.0. The minimum absolute atomic E-state index is 0.0284. The molecule has 1 saturated heterocycles. The van der Waals surface area contributed by atoms with E-state index in [9.17, 15) is 41.0 Å². The Morgan fingerprint density at radius 1 is 0.945 bits per heavy atom. The SMILES string of the molecule is CC(C)(O)Cn1c(Nc2c(Cl)ccc(CNC(=O)C(C)(C)C)c2Cl)nc2cc(C(=O)Nc3ccc(OC(F)(F)F)cc3)c(N3CCC(C(F)(F)F)CC3)cc21. The van der Waals surface area contributed by atoms with Crippen molar-refractivity contribution in [1.82, 2.24) is 14.9 Å². The van der Waals surface area contributed by atoms with E-state index >= 15 is 0 Å². The van der Waals surface area contributed by atoms with E-state index in [1.165, 1.54) is 18.2 Å². The number of nitrogens with zero attached hydrogens (tertiary/aromatic N) is 3. The van der Waals surface area contributed by atoms with Gasteiger partial charge in [0.15, 0.2) is 0 Å². The molecule has 1 fully saturated rings. The molecule has 18 heteroatoms. The number of piperidine rings is 1. The van der Waals surface area contributed by atoms with Crippen molar-refractivity contribution in [2.75, 3.05) is 28.6 Å². The highest BCUT2D eigenvalue weighted by Gasteiger charge is 2.41. The number of imidazole rings is 1. The van der Waals surface area contributed by atoms with Crippen LogP contribution in [0, 0.1) is 11.3 Å². The van der Waals surface area contributed by atoms with Crippen LogP contribution in [0.3, 0.4) is 0 Å². The fourth-order valence-corrected chi connectivity index (χ4v) is 6.56. The van der Waals surface area contributed by atoms with Gasteiger partial charge in [0.1, 0.15) is 5.75 Å². The van der Waals surface area contributed by atoms with Gasteiger partial charge in [-0.3, -0.25) is 9.59 Å². The molecule has 0 radical (unpaired) electrons. The summed E-state index contributed by atoms with van der Waals surface area (Å²) in [6, 6.07) is 10.8. The third kappa shape index (κ3) is 10.5. The van der Waals surface area contributed by atoms with Gasteiger partial charge in [-0.1, -0.05) is 50.0 Å². The fraction of sp³-hybridized carbons (Fsp3) is 0.432. The summed E-state index contributed by atoms with van der Waals surface area (Å²) in [4.78, 5) is 32.8. The van der Waals surface area contributed by atoms with Crippen molar-refractivity contribution in [3.63, 3.8) is 0 Å². The second-order valence-corrected chi connectivity index (χ2v) is 15.8. The lowest BCUT2D eigenvalue weighted by atomic mass is 9.95. The summed E-state index contributed by atoms with van der Waals surface area (Å²) in [5, 5.41) is 20.0. The lowest BCUT2D eigenvalue weighted by molar-refractivity contribution is -0.274. The number of aliphatic hydroxyl groups is 1. The van der Waals surface area contributed by atoms with Crippen LogP contribution in [-0.2, 0) is 17.9 Å². The number of carbonyl (C=O) groups is 2. The number of amides is 2. The van der Waals surface area contributed by atoms with E-state index in [0.29, 0.717) is 11.1 Å². The molecule has 0 unspecified atom stereocenters. The summed E-state index contributed by atoms with van der Waals surface area (Å²) in [5.74, 6) is -2.78. The summed E-state index contributed by atoms with van der Waals surface area (Å²) in [6.07, 6.45) is -9.74. The maximum atomic E-state index is 13.9. The van der Waals surface area contributed by atoms with Gasteiger partial charge in [-0.15, -0.1) is 13.2 Å². The highest BCUT2D eigenvalue weighted by molar-refractivity contribution is 6.39. The Labute approximate surface area is 323 Å². The van der Waals surface area contributed by atoms with Crippen LogP contribution in [0.1, 0.15) is 63.4 Å². The Kier molecular flexibility index (Phi) is 11.9. The molecule has 0 bridgehead atoms. The molecule has 4 N–H and O–H groups in total. The van der Waals surface area contributed by atoms with E-state index in [1.807, 2.05) is 0 Å². The van der Waals surface area contributed by atoms with Gasteiger partial charge in [0.25, 0.3) is 5.91 Å². The smallest absolute Gasteiger partial charge is 0.406 e. The number of nitrogens with one attached hydrogen (secondary N) is 3. The predicted molar refractivity (Wildman–Crippen MR) is 199 cm³/mol. The van der Waals surface area contributed by atoms with Gasteiger partial charge in [0.05, 0.1) is 56.1 Å². The Hall–Kier alpha value is -4.41. The highest BCUT2D eigenvalue weighted by atomic mass is 35.5. The maximum Gasteiger partial charge on any atom is 0.573 e. The van der Waals surface area contributed by atoms with Crippen LogP contribution in [-0.4, -0.2) is 57.7 Å². The van der Waals surface area contributed by atoms with Gasteiger partial charge in [-0.05, 0) is 74.7 Å². The normalized spacial score (nSPS) is 14.6. The van der Waals surface area contributed by atoms with Gasteiger partial charge in [0, 0.05) is 30.7 Å². The third-order valence-electron chi connectivity index (χ3n) is 8.83. The quantitative estimate of drug-likeness (QED) is 0.118. The Morgan fingerprint density at radius 3 is 2.15 bits per heavy atom. The number of halogens is 8. The number of carbonyl (C=O) groups excluding carboxylic acids is 2. The lowest BCUT2D eigenvalue weighted by Gasteiger charge is -2.35. The summed E-state index contributed by atoms with van der Waals surface area (Å²) in [5.41, 5.74) is -0.106. The Bertz CT molecular complexity index is 2050. The number of alkyl halides is 6. The summed E-state index contributed by atoms with van der Waals surface area (Å²) in [7, 11) is 0. The molecule has 1 aliphatic rings. The standard InChI is InChI=1S/C37H40Cl2F6N6O4/c1-34(2,3)32(53)46-18-20-6-11-25(38)30(29(20)39)49-33-48-26-16-24(31(52)47-22-7-9-23(10-8-22)55-37(43,44)45)27(17-28(26)51(33)19-35(4,5)54)50-14-12-21(13-15-50)36(40,41)42/h6-11,16-17,21,54H,12-15,18-19H2,1-5H3,(H,46,53)(H,47,52)(H,48,49). The van der Waals surface area contributed by atoms with Crippen LogP contribution in [0.25, 0.3) is 11.0 Å². The van der Waals surface area contributed by atoms with Crippen LogP contribution in [0.4, 0.5) is 49.4 Å². The fourth-order valence-electron chi connectivity index (χ4n) is 6.03. The number of ether oxygens (including phenoxy) is 1. The average molecular weight is 818 g/mol. The molecule has 3 aromatic carbocycles. The van der Waals surface area contributed by atoms with Gasteiger partial charge in [-0.25, -0.2) is 4.98 Å². The first-order valence-electron chi connectivity index (χ1n) is 17.2. The highest BCUT2D eigenvalue weighted by Crippen LogP contribution is 2.40. The molecule has 55 heavy (non-hydrogen) atoms. The first-order valence-corrected chi connectivity index (χ1v) is 17.9. The molecule has 1 aromatic heterocycles. The summed E-state index contributed by atoms with van der Waals surface area (Å²) in [6.45, 7) is 8.42. The van der Waals surface area contributed by atoms with Gasteiger partial charge in [0.2, 0.25) is 11.9 Å². The minimum atomic E-state index is -4.92. The zero-order chi connectivity index (χ0) is 40.7. The number of aromatic nitrogens is 2. The van der Waals surface area contributed by atoms with Crippen molar-refractivity contribution in [2.24, 2.45) is 11.3 Å².